The summed E-state index contributed by atoms with van der Waals surface area (Å²) >= 11 is 6.00. The molecule has 31 heavy (non-hydrogen) atoms. The molecule has 0 fully saturated rings. The summed E-state index contributed by atoms with van der Waals surface area (Å²) in [5, 5.41) is 3.59. The van der Waals surface area contributed by atoms with Crippen LogP contribution in [0.2, 0.25) is 5.02 Å². The monoisotopic (exact) mass is 444 g/mol. The van der Waals surface area contributed by atoms with Crippen molar-refractivity contribution in [3.05, 3.63) is 64.7 Å². The van der Waals surface area contributed by atoms with Gasteiger partial charge in [0.25, 0.3) is 5.91 Å². The van der Waals surface area contributed by atoms with Crippen molar-refractivity contribution in [2.45, 2.75) is 59.0 Å². The Morgan fingerprint density at radius 3 is 2.23 bits per heavy atom. The van der Waals surface area contributed by atoms with Crippen LogP contribution in [-0.4, -0.2) is 35.9 Å². The minimum atomic E-state index is -0.564. The van der Waals surface area contributed by atoms with Crippen LogP contribution in [0.5, 0.6) is 5.75 Å². The molecular weight excluding hydrogens is 412 g/mol. The highest BCUT2D eigenvalue weighted by molar-refractivity contribution is 6.30. The number of nitrogens with zero attached hydrogens (tertiary/aromatic N) is 1. The molecule has 2 amide bonds. The fraction of sp³-hybridized carbons (Fsp3) is 0.440. The summed E-state index contributed by atoms with van der Waals surface area (Å²) in [6.45, 7) is 6.87. The van der Waals surface area contributed by atoms with Gasteiger partial charge in [0.05, 0.1) is 0 Å². The van der Waals surface area contributed by atoms with Crippen LogP contribution in [0.1, 0.15) is 51.2 Å². The average Bonchev–Trinajstić information content (AvgIpc) is 2.79. The third-order valence-electron chi connectivity index (χ3n) is 5.18. The maximum atomic E-state index is 13.1. The molecule has 0 saturated heterocycles. The number of benzene rings is 2. The zero-order valence-electron chi connectivity index (χ0n) is 18.7. The number of ether oxygens (including phenoxy) is 1. The van der Waals surface area contributed by atoms with Gasteiger partial charge in [-0.25, -0.2) is 0 Å². The molecule has 2 aromatic carbocycles. The predicted octanol–water partition coefficient (Wildman–Crippen LogP) is 5.00. The minimum Gasteiger partial charge on any atom is -0.484 e. The number of amides is 2. The normalized spacial score (nSPS) is 11.6. The molecule has 0 radical (unpaired) electrons. The van der Waals surface area contributed by atoms with Gasteiger partial charge >= 0.3 is 0 Å². The van der Waals surface area contributed by atoms with E-state index in [0.717, 1.165) is 24.8 Å². The number of hydrogen-bond acceptors (Lipinski definition) is 3. The first-order valence-electron chi connectivity index (χ1n) is 11.0. The predicted molar refractivity (Wildman–Crippen MR) is 125 cm³/mol. The van der Waals surface area contributed by atoms with E-state index in [2.05, 4.69) is 19.2 Å². The van der Waals surface area contributed by atoms with Crippen LogP contribution in [0.4, 0.5) is 0 Å². The zero-order valence-corrected chi connectivity index (χ0v) is 19.5. The minimum absolute atomic E-state index is 0.127. The number of carbonyl (C=O) groups is 2. The van der Waals surface area contributed by atoms with Gasteiger partial charge in [0, 0.05) is 18.1 Å². The zero-order chi connectivity index (χ0) is 22.6. The molecule has 0 heterocycles. The molecule has 2 rings (SSSR count). The summed E-state index contributed by atoms with van der Waals surface area (Å²) in [6, 6.07) is 14.5. The summed E-state index contributed by atoms with van der Waals surface area (Å²) < 4.78 is 5.73. The molecule has 6 heteroatoms. The average molecular weight is 445 g/mol. The van der Waals surface area contributed by atoms with E-state index in [9.17, 15) is 9.59 Å². The lowest BCUT2D eigenvalue weighted by Crippen LogP contribution is -2.50. The second kappa shape index (κ2) is 13.0. The van der Waals surface area contributed by atoms with E-state index in [0.29, 0.717) is 30.3 Å². The van der Waals surface area contributed by atoms with Crippen molar-refractivity contribution in [1.29, 1.82) is 0 Å². The molecule has 0 aliphatic rings. The van der Waals surface area contributed by atoms with Crippen LogP contribution in [0.3, 0.4) is 0 Å². The number of rotatable bonds is 12. The highest BCUT2D eigenvalue weighted by Gasteiger charge is 2.28. The molecule has 0 bridgehead atoms. The summed E-state index contributed by atoms with van der Waals surface area (Å²) in [6.07, 6.45) is 3.36. The molecule has 0 aliphatic heterocycles. The van der Waals surface area contributed by atoms with Gasteiger partial charge in [-0.1, -0.05) is 63.1 Å². The summed E-state index contributed by atoms with van der Waals surface area (Å²) in [4.78, 5) is 27.6. The maximum Gasteiger partial charge on any atom is 0.261 e. The second-order valence-electron chi connectivity index (χ2n) is 7.50. The molecule has 1 N–H and O–H groups in total. The van der Waals surface area contributed by atoms with Gasteiger partial charge in [-0.15, -0.1) is 0 Å². The van der Waals surface area contributed by atoms with Crippen molar-refractivity contribution in [3.8, 4) is 5.75 Å². The Balaban J connectivity index is 2.14. The van der Waals surface area contributed by atoms with Gasteiger partial charge in [-0.3, -0.25) is 9.59 Å². The fourth-order valence-corrected chi connectivity index (χ4v) is 3.39. The van der Waals surface area contributed by atoms with Crippen molar-refractivity contribution < 1.29 is 14.3 Å². The molecule has 0 saturated carbocycles. The molecule has 0 unspecified atom stereocenters. The van der Waals surface area contributed by atoms with E-state index < -0.39 is 6.04 Å². The third-order valence-corrected chi connectivity index (χ3v) is 5.43. The van der Waals surface area contributed by atoms with E-state index in [-0.39, 0.29) is 18.4 Å². The highest BCUT2D eigenvalue weighted by Crippen LogP contribution is 2.17. The van der Waals surface area contributed by atoms with Crippen LogP contribution in [-0.2, 0) is 22.6 Å². The van der Waals surface area contributed by atoms with Gasteiger partial charge < -0.3 is 15.0 Å². The smallest absolute Gasteiger partial charge is 0.261 e. The SMILES string of the molecule is CCCCNC(=O)[C@H](CC)N(Cc1ccc(Cl)cc1)C(=O)COc1ccc(CC)cc1. The first kappa shape index (κ1) is 24.7. The van der Waals surface area contributed by atoms with E-state index in [1.165, 1.54) is 5.56 Å². The van der Waals surface area contributed by atoms with Crippen molar-refractivity contribution in [3.63, 3.8) is 0 Å². The summed E-state index contributed by atoms with van der Waals surface area (Å²) in [7, 11) is 0. The Morgan fingerprint density at radius 1 is 1.00 bits per heavy atom. The maximum absolute atomic E-state index is 13.1. The van der Waals surface area contributed by atoms with E-state index in [1.807, 2.05) is 43.3 Å². The van der Waals surface area contributed by atoms with E-state index in [4.69, 9.17) is 16.3 Å². The molecule has 1 atom stereocenters. The molecule has 0 spiro atoms. The quantitative estimate of drug-likeness (QED) is 0.468. The first-order valence-corrected chi connectivity index (χ1v) is 11.4. The number of unbranched alkanes of at least 4 members (excludes halogenated alkanes) is 1. The highest BCUT2D eigenvalue weighted by atomic mass is 35.5. The Kier molecular flexibility index (Phi) is 10.4. The number of halogens is 1. The number of aryl methyl sites for hydroxylation is 1. The lowest BCUT2D eigenvalue weighted by molar-refractivity contribution is -0.143. The number of carbonyl (C=O) groups excluding carboxylic acids is 2. The van der Waals surface area contributed by atoms with Crippen molar-refractivity contribution >= 4 is 23.4 Å². The Labute approximate surface area is 190 Å². The van der Waals surface area contributed by atoms with Gasteiger partial charge in [0.15, 0.2) is 6.61 Å². The fourth-order valence-electron chi connectivity index (χ4n) is 3.26. The standard InChI is InChI=1S/C25H33ClN2O3/c1-4-7-16-27-25(30)23(6-3)28(17-20-8-12-21(26)13-9-20)24(29)18-31-22-14-10-19(5-2)11-15-22/h8-15,23H,4-7,16-18H2,1-3H3,(H,27,30)/t23-/m0/s1. The van der Waals surface area contributed by atoms with Gasteiger partial charge in [0.1, 0.15) is 11.8 Å². The molecule has 0 aromatic heterocycles. The summed E-state index contributed by atoms with van der Waals surface area (Å²) in [5.41, 5.74) is 2.11. The Morgan fingerprint density at radius 2 is 1.65 bits per heavy atom. The van der Waals surface area contributed by atoms with Crippen LogP contribution in [0.15, 0.2) is 48.5 Å². The van der Waals surface area contributed by atoms with Gasteiger partial charge in [-0.2, -0.15) is 0 Å². The molecule has 2 aromatic rings. The van der Waals surface area contributed by atoms with Crippen LogP contribution in [0, 0.1) is 0 Å². The summed E-state index contributed by atoms with van der Waals surface area (Å²) in [5.74, 6) is 0.273. The van der Waals surface area contributed by atoms with Gasteiger partial charge in [0.2, 0.25) is 5.91 Å². The van der Waals surface area contributed by atoms with E-state index in [1.54, 1.807) is 17.0 Å². The first-order chi connectivity index (χ1) is 15.0. The molecule has 168 valence electrons. The van der Waals surface area contributed by atoms with Crippen LogP contribution < -0.4 is 10.1 Å². The topological polar surface area (TPSA) is 58.6 Å². The van der Waals surface area contributed by atoms with Crippen molar-refractivity contribution in [1.82, 2.24) is 10.2 Å². The number of hydrogen-bond donors (Lipinski definition) is 1. The Bertz CT molecular complexity index is 822. The van der Waals surface area contributed by atoms with Crippen LogP contribution in [0.25, 0.3) is 0 Å². The van der Waals surface area contributed by atoms with Gasteiger partial charge in [-0.05, 0) is 54.7 Å². The van der Waals surface area contributed by atoms with Crippen LogP contribution >= 0.6 is 11.6 Å². The third kappa shape index (κ3) is 7.91. The van der Waals surface area contributed by atoms with Crippen molar-refractivity contribution in [2.75, 3.05) is 13.2 Å². The van der Waals surface area contributed by atoms with E-state index >= 15 is 0 Å². The lowest BCUT2D eigenvalue weighted by Gasteiger charge is -2.30. The molecular formula is C25H33ClN2O3. The Hall–Kier alpha value is -2.53. The lowest BCUT2D eigenvalue weighted by atomic mass is 10.1. The molecule has 0 aliphatic carbocycles. The molecule has 5 nitrogen and oxygen atoms in total. The second-order valence-corrected chi connectivity index (χ2v) is 7.94. The number of nitrogens with one attached hydrogen (secondary N) is 1. The van der Waals surface area contributed by atoms with Crippen molar-refractivity contribution in [2.24, 2.45) is 0 Å². The largest absolute Gasteiger partial charge is 0.484 e.